The van der Waals surface area contributed by atoms with Gasteiger partial charge in [0.1, 0.15) is 22.7 Å². The van der Waals surface area contributed by atoms with Crippen molar-refractivity contribution in [1.29, 1.82) is 0 Å². The van der Waals surface area contributed by atoms with Crippen LogP contribution in [-0.4, -0.2) is 44.4 Å². The van der Waals surface area contributed by atoms with Crippen LogP contribution in [0.15, 0.2) is 42.7 Å². The summed E-state index contributed by atoms with van der Waals surface area (Å²) in [7, 11) is 0. The molecule has 1 aliphatic rings. The molecule has 1 saturated heterocycles. The second-order valence-electron chi connectivity index (χ2n) is 7.47. The second-order valence-corrected chi connectivity index (χ2v) is 8.53. The maximum absolute atomic E-state index is 12.1. The lowest BCUT2D eigenvalue weighted by Gasteiger charge is -2.20. The number of carbonyl (C=O) groups excluding carboxylic acids is 2. The van der Waals surface area contributed by atoms with Gasteiger partial charge in [-0.15, -0.1) is 11.3 Å². The first-order valence-electron chi connectivity index (χ1n) is 9.96. The number of pyridine rings is 2. The van der Waals surface area contributed by atoms with E-state index in [2.05, 4.69) is 20.3 Å². The number of hydrogen-bond acceptors (Lipinski definition) is 8. The molecule has 1 aliphatic heterocycles. The zero-order valence-corrected chi connectivity index (χ0v) is 18.3. The number of carbonyl (C=O) groups is 2. The van der Waals surface area contributed by atoms with E-state index in [-0.39, 0.29) is 24.0 Å². The third-order valence-corrected chi connectivity index (χ3v) is 6.10. The van der Waals surface area contributed by atoms with Crippen molar-refractivity contribution < 1.29 is 14.3 Å². The van der Waals surface area contributed by atoms with E-state index in [1.807, 2.05) is 37.3 Å². The Morgan fingerprint density at radius 3 is 2.77 bits per heavy atom. The molecule has 9 heteroatoms. The first kappa shape index (κ1) is 20.9. The van der Waals surface area contributed by atoms with Crippen LogP contribution in [0.5, 0.6) is 0 Å². The molecule has 160 valence electrons. The topological polar surface area (TPSA) is 97.3 Å². The van der Waals surface area contributed by atoms with Gasteiger partial charge in [0.25, 0.3) is 0 Å². The van der Waals surface area contributed by atoms with Gasteiger partial charge < -0.3 is 15.0 Å². The molecular weight excluding hydrogens is 414 g/mol. The Balaban J connectivity index is 1.54. The predicted octanol–water partition coefficient (Wildman–Crippen LogP) is 3.88. The highest BCUT2D eigenvalue weighted by Gasteiger charge is 2.38. The van der Waals surface area contributed by atoms with Crippen molar-refractivity contribution in [2.75, 3.05) is 11.9 Å². The Hall–Kier alpha value is -3.33. The maximum atomic E-state index is 12.1. The molecule has 8 nitrogen and oxygen atoms in total. The average Bonchev–Trinajstić information content (AvgIpc) is 3.35. The molecule has 31 heavy (non-hydrogen) atoms. The third-order valence-electron chi connectivity index (χ3n) is 4.98. The molecule has 0 bridgehead atoms. The van der Waals surface area contributed by atoms with Crippen LogP contribution in [-0.2, 0) is 14.3 Å². The number of rotatable bonds is 5. The van der Waals surface area contributed by atoms with Gasteiger partial charge in [-0.1, -0.05) is 6.07 Å². The summed E-state index contributed by atoms with van der Waals surface area (Å²) in [5.41, 5.74) is 1.89. The average molecular weight is 438 g/mol. The number of aromatic nitrogens is 3. The smallest absolute Gasteiger partial charge is 0.302 e. The Kier molecular flexibility index (Phi) is 5.94. The summed E-state index contributed by atoms with van der Waals surface area (Å²) in [6.45, 7) is 5.30. The Labute approximate surface area is 184 Å². The summed E-state index contributed by atoms with van der Waals surface area (Å²) >= 11 is 1.49. The van der Waals surface area contributed by atoms with Gasteiger partial charge in [0, 0.05) is 32.7 Å². The number of hydrogen-bond donors (Lipinski definition) is 1. The lowest BCUT2D eigenvalue weighted by atomic mass is 10.2. The van der Waals surface area contributed by atoms with Crippen molar-refractivity contribution in [3.63, 3.8) is 0 Å². The van der Waals surface area contributed by atoms with Gasteiger partial charge in [-0.25, -0.2) is 15.0 Å². The van der Waals surface area contributed by atoms with Crippen LogP contribution in [0.4, 0.5) is 11.6 Å². The van der Waals surface area contributed by atoms with Crippen molar-refractivity contribution in [1.82, 2.24) is 19.9 Å². The predicted molar refractivity (Wildman–Crippen MR) is 118 cm³/mol. The minimum Gasteiger partial charge on any atom is -0.461 e. The molecule has 0 saturated carbocycles. The van der Waals surface area contributed by atoms with E-state index < -0.39 is 0 Å². The van der Waals surface area contributed by atoms with Gasteiger partial charge in [-0.05, 0) is 36.8 Å². The normalized spacial score (nSPS) is 18.1. The maximum Gasteiger partial charge on any atom is 0.302 e. The first-order valence-corrected chi connectivity index (χ1v) is 10.8. The standard InChI is InChI=1S/C22H23N5O3S/c1-13-7-8-23-21(9-13)26-20-6-4-5-17(25-20)19-11-24-22(31-19)18-10-16(30-15(3)29)12-27(18)14(2)28/h4-9,11,16,18H,10,12H2,1-3H3,(H,23,25,26)/t16-,18+/m1/s1. The van der Waals surface area contributed by atoms with Crippen LogP contribution in [0, 0.1) is 6.92 Å². The summed E-state index contributed by atoms with van der Waals surface area (Å²) in [4.78, 5) is 39.6. The van der Waals surface area contributed by atoms with E-state index in [4.69, 9.17) is 4.74 Å². The van der Waals surface area contributed by atoms with Crippen LogP contribution in [0.25, 0.3) is 10.6 Å². The van der Waals surface area contributed by atoms with Gasteiger partial charge in [-0.3, -0.25) is 9.59 Å². The van der Waals surface area contributed by atoms with E-state index in [0.29, 0.717) is 18.8 Å². The fraction of sp³-hybridized carbons (Fsp3) is 0.318. The van der Waals surface area contributed by atoms with Crippen LogP contribution in [0.1, 0.15) is 36.9 Å². The van der Waals surface area contributed by atoms with E-state index >= 15 is 0 Å². The quantitative estimate of drug-likeness (QED) is 0.605. The van der Waals surface area contributed by atoms with Crippen molar-refractivity contribution in [2.45, 2.75) is 39.3 Å². The highest BCUT2D eigenvalue weighted by Crippen LogP contribution is 2.38. The molecule has 1 amide bonds. The van der Waals surface area contributed by atoms with Crippen molar-refractivity contribution in [3.8, 4) is 10.6 Å². The second kappa shape index (κ2) is 8.81. The van der Waals surface area contributed by atoms with E-state index in [1.165, 1.54) is 25.2 Å². The van der Waals surface area contributed by atoms with Crippen molar-refractivity contribution in [3.05, 3.63) is 53.3 Å². The zero-order chi connectivity index (χ0) is 22.0. The minimum atomic E-state index is -0.342. The molecule has 3 aromatic rings. The van der Waals surface area contributed by atoms with Gasteiger partial charge in [0.2, 0.25) is 5.91 Å². The van der Waals surface area contributed by atoms with E-state index in [1.54, 1.807) is 17.3 Å². The molecule has 0 unspecified atom stereocenters. The zero-order valence-electron chi connectivity index (χ0n) is 17.5. The summed E-state index contributed by atoms with van der Waals surface area (Å²) in [5.74, 6) is 1.01. The number of thiazole rings is 1. The number of anilines is 2. The van der Waals surface area contributed by atoms with Gasteiger partial charge >= 0.3 is 5.97 Å². The molecule has 4 heterocycles. The van der Waals surface area contributed by atoms with Crippen LogP contribution in [0.3, 0.4) is 0 Å². The number of nitrogens with one attached hydrogen (secondary N) is 1. The molecule has 4 rings (SSSR count). The number of likely N-dealkylation sites (tertiary alicyclic amines) is 1. The number of amides is 1. The molecule has 0 aromatic carbocycles. The van der Waals surface area contributed by atoms with Crippen LogP contribution < -0.4 is 5.32 Å². The van der Waals surface area contributed by atoms with Crippen molar-refractivity contribution >= 4 is 34.8 Å². The molecule has 0 spiro atoms. The summed E-state index contributed by atoms with van der Waals surface area (Å²) in [6.07, 6.45) is 3.75. The summed E-state index contributed by atoms with van der Waals surface area (Å²) in [6, 6.07) is 9.41. The molecule has 0 radical (unpaired) electrons. The summed E-state index contributed by atoms with van der Waals surface area (Å²) < 4.78 is 5.33. The first-order chi connectivity index (χ1) is 14.9. The number of esters is 1. The molecule has 0 aliphatic carbocycles. The SMILES string of the molecule is CC(=O)O[C@@H]1C[C@@H](c2ncc(-c3cccc(Nc4cc(C)ccn4)n3)s2)N(C(C)=O)C1. The highest BCUT2D eigenvalue weighted by atomic mass is 32.1. The van der Waals surface area contributed by atoms with Crippen LogP contribution in [0.2, 0.25) is 0 Å². The van der Waals surface area contributed by atoms with Gasteiger partial charge in [0.05, 0.1) is 23.2 Å². The fourth-order valence-electron chi connectivity index (χ4n) is 3.64. The molecular formula is C22H23N5O3S. The lowest BCUT2D eigenvalue weighted by Crippen LogP contribution is -2.30. The Bertz CT molecular complexity index is 1120. The van der Waals surface area contributed by atoms with Crippen LogP contribution >= 0.6 is 11.3 Å². The van der Waals surface area contributed by atoms with Crippen molar-refractivity contribution in [2.24, 2.45) is 0 Å². The summed E-state index contributed by atoms with van der Waals surface area (Å²) in [5, 5.41) is 4.03. The van der Waals surface area contributed by atoms with E-state index in [9.17, 15) is 9.59 Å². The van der Waals surface area contributed by atoms with Gasteiger partial charge in [0.15, 0.2) is 0 Å². The Morgan fingerprint density at radius 2 is 2.03 bits per heavy atom. The minimum absolute atomic E-state index is 0.0635. The van der Waals surface area contributed by atoms with E-state index in [0.717, 1.165) is 27.0 Å². The molecule has 1 N–H and O–H groups in total. The highest BCUT2D eigenvalue weighted by molar-refractivity contribution is 7.15. The largest absolute Gasteiger partial charge is 0.461 e. The monoisotopic (exact) mass is 437 g/mol. The van der Waals surface area contributed by atoms with Gasteiger partial charge in [-0.2, -0.15) is 0 Å². The fourth-order valence-corrected chi connectivity index (χ4v) is 4.65. The number of nitrogens with zero attached hydrogens (tertiary/aromatic N) is 4. The Morgan fingerprint density at radius 1 is 1.19 bits per heavy atom. The molecule has 1 fully saturated rings. The molecule has 3 aromatic heterocycles. The number of aryl methyl sites for hydroxylation is 1. The molecule has 2 atom stereocenters. The lowest BCUT2D eigenvalue weighted by molar-refractivity contribution is -0.146. The number of ether oxygens (including phenoxy) is 1. The third kappa shape index (κ3) is 4.88.